The van der Waals surface area contributed by atoms with E-state index in [1.807, 2.05) is 38.1 Å². The Balaban J connectivity index is 1.64. The van der Waals surface area contributed by atoms with Crippen LogP contribution >= 0.6 is 11.8 Å². The zero-order valence-electron chi connectivity index (χ0n) is 15.1. The molecule has 5 atom stereocenters. The number of nitrogens with one attached hydrogen (secondary N) is 2. The van der Waals surface area contributed by atoms with Gasteiger partial charge in [0, 0.05) is 22.6 Å². The van der Waals surface area contributed by atoms with Gasteiger partial charge in [-0.05, 0) is 19.3 Å². The highest BCUT2D eigenvalue weighted by Crippen LogP contribution is 2.37. The van der Waals surface area contributed by atoms with Gasteiger partial charge in [-0.3, -0.25) is 15.1 Å². The predicted molar refractivity (Wildman–Crippen MR) is 99.4 cm³/mol. The SMILES string of the molecule is CC(C)(C)C(=O)NCC1NC2CCCCC(O1)C(C1CN=CS1)C2. The summed E-state index contributed by atoms with van der Waals surface area (Å²) in [6.45, 7) is 7.29. The van der Waals surface area contributed by atoms with Crippen LogP contribution in [-0.4, -0.2) is 48.2 Å². The first kappa shape index (κ1) is 18.2. The molecule has 24 heavy (non-hydrogen) atoms. The zero-order chi connectivity index (χ0) is 17.2. The van der Waals surface area contributed by atoms with Gasteiger partial charge in [-0.2, -0.15) is 0 Å². The number of nitrogens with zero attached hydrogens (tertiary/aromatic N) is 1. The summed E-state index contributed by atoms with van der Waals surface area (Å²) in [4.78, 5) is 16.6. The summed E-state index contributed by atoms with van der Waals surface area (Å²) in [6.07, 6.45) is 6.18. The molecular formula is C18H31N3O2S. The third-order valence-corrected chi connectivity index (χ3v) is 6.41. The summed E-state index contributed by atoms with van der Waals surface area (Å²) in [5.41, 5.74) is 1.64. The Bertz CT molecular complexity index is 469. The minimum Gasteiger partial charge on any atom is -0.358 e. The molecule has 136 valence electrons. The molecule has 2 heterocycles. The minimum atomic E-state index is -0.363. The molecule has 0 aromatic heterocycles. The number of rotatable bonds is 3. The predicted octanol–water partition coefficient (Wildman–Crippen LogP) is 2.56. The molecule has 1 aliphatic carbocycles. The molecule has 5 unspecified atom stereocenters. The van der Waals surface area contributed by atoms with E-state index in [0.29, 0.717) is 23.8 Å². The second-order valence-corrected chi connectivity index (χ2v) is 9.40. The smallest absolute Gasteiger partial charge is 0.225 e. The summed E-state index contributed by atoms with van der Waals surface area (Å²) < 4.78 is 6.46. The molecule has 1 saturated heterocycles. The number of fused-ring (bicyclic) bond motifs is 3. The van der Waals surface area contributed by atoms with Crippen molar-refractivity contribution in [1.29, 1.82) is 0 Å². The minimum absolute atomic E-state index is 0.0800. The van der Waals surface area contributed by atoms with E-state index in [-0.39, 0.29) is 23.7 Å². The molecule has 1 amide bonds. The summed E-state index contributed by atoms with van der Waals surface area (Å²) in [7, 11) is 0. The van der Waals surface area contributed by atoms with Crippen molar-refractivity contribution in [3.05, 3.63) is 0 Å². The third kappa shape index (κ3) is 4.52. The van der Waals surface area contributed by atoms with Crippen molar-refractivity contribution in [2.24, 2.45) is 16.3 Å². The molecule has 0 aromatic carbocycles. The molecule has 3 aliphatic rings. The van der Waals surface area contributed by atoms with E-state index < -0.39 is 0 Å². The Morgan fingerprint density at radius 1 is 1.38 bits per heavy atom. The van der Waals surface area contributed by atoms with Crippen LogP contribution in [0.5, 0.6) is 0 Å². The Labute approximate surface area is 149 Å². The number of carbonyl (C=O) groups excluding carboxylic acids is 1. The summed E-state index contributed by atoms with van der Waals surface area (Å²) in [6, 6.07) is 0.484. The molecule has 2 N–H and O–H groups in total. The van der Waals surface area contributed by atoms with Crippen LogP contribution in [0.4, 0.5) is 0 Å². The molecule has 1 saturated carbocycles. The second kappa shape index (κ2) is 7.75. The van der Waals surface area contributed by atoms with Crippen molar-refractivity contribution < 1.29 is 9.53 Å². The maximum Gasteiger partial charge on any atom is 0.225 e. The molecular weight excluding hydrogens is 322 g/mol. The highest BCUT2D eigenvalue weighted by molar-refractivity contribution is 8.12. The Hall–Kier alpha value is -0.590. The monoisotopic (exact) mass is 353 g/mol. The fraction of sp³-hybridized carbons (Fsp3) is 0.889. The lowest BCUT2D eigenvalue weighted by atomic mass is 9.84. The number of amides is 1. The molecule has 2 aliphatic heterocycles. The van der Waals surface area contributed by atoms with Gasteiger partial charge in [0.2, 0.25) is 5.91 Å². The highest BCUT2D eigenvalue weighted by Gasteiger charge is 2.39. The van der Waals surface area contributed by atoms with Crippen LogP contribution in [0.2, 0.25) is 0 Å². The van der Waals surface area contributed by atoms with Gasteiger partial charge in [-0.25, -0.2) is 0 Å². The topological polar surface area (TPSA) is 62.7 Å². The van der Waals surface area contributed by atoms with E-state index >= 15 is 0 Å². The molecule has 0 radical (unpaired) electrons. The van der Waals surface area contributed by atoms with Gasteiger partial charge in [0.25, 0.3) is 0 Å². The fourth-order valence-electron chi connectivity index (χ4n) is 3.88. The number of ether oxygens (including phenoxy) is 1. The number of aliphatic imine (C=N–C) groups is 1. The van der Waals surface area contributed by atoms with Crippen LogP contribution in [0.3, 0.4) is 0 Å². The standard InChI is InChI=1S/C18H31N3O2S/c1-18(2,3)17(22)20-10-16-21-12-6-4-5-7-14(23-16)13(8-12)15-9-19-11-24-15/h11-16,21H,4-10H2,1-3H3,(H,20,22). The van der Waals surface area contributed by atoms with Gasteiger partial charge in [-0.15, -0.1) is 11.8 Å². The van der Waals surface area contributed by atoms with E-state index in [1.165, 1.54) is 19.3 Å². The first-order valence-corrected chi connectivity index (χ1v) is 10.2. The average molecular weight is 354 g/mol. The Morgan fingerprint density at radius 2 is 2.17 bits per heavy atom. The summed E-state index contributed by atoms with van der Waals surface area (Å²) in [5.74, 6) is 0.634. The first-order chi connectivity index (χ1) is 11.4. The van der Waals surface area contributed by atoms with Crippen molar-refractivity contribution in [1.82, 2.24) is 10.6 Å². The average Bonchev–Trinajstić information content (AvgIpc) is 2.99. The van der Waals surface area contributed by atoms with E-state index in [0.717, 1.165) is 19.4 Å². The van der Waals surface area contributed by atoms with Crippen LogP contribution in [-0.2, 0) is 9.53 Å². The van der Waals surface area contributed by atoms with Gasteiger partial charge in [-0.1, -0.05) is 33.6 Å². The summed E-state index contributed by atoms with van der Waals surface area (Å²) >= 11 is 1.87. The van der Waals surface area contributed by atoms with Crippen molar-refractivity contribution >= 4 is 23.2 Å². The lowest BCUT2D eigenvalue weighted by molar-refractivity contribution is -0.130. The number of hydrogen-bond donors (Lipinski definition) is 2. The van der Waals surface area contributed by atoms with Gasteiger partial charge >= 0.3 is 0 Å². The van der Waals surface area contributed by atoms with Crippen LogP contribution in [0.1, 0.15) is 52.9 Å². The highest BCUT2D eigenvalue weighted by atomic mass is 32.2. The molecule has 2 bridgehead atoms. The Kier molecular flexibility index (Phi) is 5.88. The van der Waals surface area contributed by atoms with E-state index in [2.05, 4.69) is 15.6 Å². The van der Waals surface area contributed by atoms with Gasteiger partial charge in [0.05, 0.1) is 24.7 Å². The van der Waals surface area contributed by atoms with E-state index in [9.17, 15) is 4.79 Å². The van der Waals surface area contributed by atoms with Gasteiger partial charge in [0.1, 0.15) is 6.23 Å². The van der Waals surface area contributed by atoms with Crippen molar-refractivity contribution in [3.63, 3.8) is 0 Å². The number of carbonyl (C=O) groups is 1. The molecule has 6 heteroatoms. The molecule has 3 rings (SSSR count). The van der Waals surface area contributed by atoms with Crippen molar-refractivity contribution in [3.8, 4) is 0 Å². The molecule has 0 aromatic rings. The normalized spacial score (nSPS) is 36.9. The van der Waals surface area contributed by atoms with Crippen molar-refractivity contribution in [2.75, 3.05) is 13.1 Å². The lowest BCUT2D eigenvalue weighted by Crippen LogP contribution is -2.48. The van der Waals surface area contributed by atoms with Crippen LogP contribution < -0.4 is 10.6 Å². The summed E-state index contributed by atoms with van der Waals surface area (Å²) in [5, 5.41) is 7.27. The molecule has 2 fully saturated rings. The number of thioether (sulfide) groups is 1. The maximum atomic E-state index is 12.2. The Morgan fingerprint density at radius 3 is 2.88 bits per heavy atom. The lowest BCUT2D eigenvalue weighted by Gasteiger charge is -2.32. The van der Waals surface area contributed by atoms with Crippen LogP contribution in [0, 0.1) is 11.3 Å². The zero-order valence-corrected chi connectivity index (χ0v) is 15.9. The van der Waals surface area contributed by atoms with E-state index in [4.69, 9.17) is 4.74 Å². The van der Waals surface area contributed by atoms with E-state index in [1.54, 1.807) is 0 Å². The quantitative estimate of drug-likeness (QED) is 0.818. The maximum absolute atomic E-state index is 12.2. The molecule has 5 nitrogen and oxygen atoms in total. The molecule has 0 spiro atoms. The second-order valence-electron chi connectivity index (χ2n) is 8.32. The number of hydrogen-bond acceptors (Lipinski definition) is 5. The van der Waals surface area contributed by atoms with Crippen LogP contribution in [0.25, 0.3) is 0 Å². The third-order valence-electron chi connectivity index (χ3n) is 5.29. The largest absolute Gasteiger partial charge is 0.358 e. The van der Waals surface area contributed by atoms with Gasteiger partial charge in [0.15, 0.2) is 0 Å². The van der Waals surface area contributed by atoms with Crippen LogP contribution in [0.15, 0.2) is 4.99 Å². The van der Waals surface area contributed by atoms with Crippen molar-refractivity contribution in [2.45, 2.75) is 76.5 Å². The van der Waals surface area contributed by atoms with Gasteiger partial charge < -0.3 is 10.1 Å². The first-order valence-electron chi connectivity index (χ1n) is 9.27. The fourth-order valence-corrected chi connectivity index (χ4v) is 4.87.